The number of nitrogens with two attached hydrogens (primary N) is 1. The predicted molar refractivity (Wildman–Crippen MR) is 76.7 cm³/mol. The lowest BCUT2D eigenvalue weighted by molar-refractivity contribution is 0.459. The standard InChI is InChI=1S/C16H19F2N3/c17-14-7-3-6-13(16(14)18)15(19)10-11-8-9-21(20-11)12-4-1-2-5-12/h3,6-9,12,15H,1-2,4-5,10,19H2. The maximum atomic E-state index is 13.7. The molecule has 1 aromatic carbocycles. The average molecular weight is 291 g/mol. The Kier molecular flexibility index (Phi) is 4.01. The maximum absolute atomic E-state index is 13.7. The molecule has 1 saturated carbocycles. The fourth-order valence-corrected chi connectivity index (χ4v) is 3.00. The first-order chi connectivity index (χ1) is 10.1. The summed E-state index contributed by atoms with van der Waals surface area (Å²) in [6.45, 7) is 0. The van der Waals surface area contributed by atoms with E-state index in [0.29, 0.717) is 12.5 Å². The van der Waals surface area contributed by atoms with Gasteiger partial charge in [-0.1, -0.05) is 25.0 Å². The van der Waals surface area contributed by atoms with Gasteiger partial charge in [0.1, 0.15) is 0 Å². The Hall–Kier alpha value is -1.75. The van der Waals surface area contributed by atoms with Gasteiger partial charge >= 0.3 is 0 Å². The SMILES string of the molecule is NC(Cc1ccn(C2CCCC2)n1)c1cccc(F)c1F. The summed E-state index contributed by atoms with van der Waals surface area (Å²) in [5.41, 5.74) is 7.02. The second kappa shape index (κ2) is 5.93. The topological polar surface area (TPSA) is 43.8 Å². The zero-order valence-corrected chi connectivity index (χ0v) is 11.8. The monoisotopic (exact) mass is 291 g/mol. The molecule has 5 heteroatoms. The zero-order valence-electron chi connectivity index (χ0n) is 11.8. The minimum atomic E-state index is -0.862. The highest BCUT2D eigenvalue weighted by atomic mass is 19.2. The molecule has 1 heterocycles. The molecular formula is C16H19F2N3. The lowest BCUT2D eigenvalue weighted by atomic mass is 10.0. The van der Waals surface area contributed by atoms with Crippen LogP contribution in [0.4, 0.5) is 8.78 Å². The lowest BCUT2D eigenvalue weighted by Crippen LogP contribution is -2.16. The van der Waals surface area contributed by atoms with Gasteiger partial charge in [-0.2, -0.15) is 5.10 Å². The van der Waals surface area contributed by atoms with Gasteiger partial charge in [0.05, 0.1) is 11.7 Å². The van der Waals surface area contributed by atoms with E-state index in [9.17, 15) is 8.78 Å². The predicted octanol–water partition coefficient (Wildman–Crippen LogP) is 3.52. The molecule has 0 amide bonds. The molecule has 2 aromatic rings. The fraction of sp³-hybridized carbons (Fsp3) is 0.438. The molecule has 21 heavy (non-hydrogen) atoms. The van der Waals surface area contributed by atoms with Gasteiger partial charge < -0.3 is 5.73 Å². The number of rotatable bonds is 4. The van der Waals surface area contributed by atoms with E-state index in [2.05, 4.69) is 5.10 Å². The van der Waals surface area contributed by atoms with Gasteiger partial charge in [0.25, 0.3) is 0 Å². The van der Waals surface area contributed by atoms with Crippen molar-refractivity contribution in [3.05, 3.63) is 53.4 Å². The van der Waals surface area contributed by atoms with Crippen LogP contribution in [0.3, 0.4) is 0 Å². The number of hydrogen-bond donors (Lipinski definition) is 1. The molecule has 3 nitrogen and oxygen atoms in total. The molecule has 0 aliphatic heterocycles. The van der Waals surface area contributed by atoms with E-state index in [4.69, 9.17) is 5.73 Å². The Morgan fingerprint density at radius 1 is 1.24 bits per heavy atom. The Balaban J connectivity index is 1.72. The van der Waals surface area contributed by atoms with Crippen LogP contribution in [0.2, 0.25) is 0 Å². The summed E-state index contributed by atoms with van der Waals surface area (Å²) in [7, 11) is 0. The Morgan fingerprint density at radius 2 is 2.00 bits per heavy atom. The number of aromatic nitrogens is 2. The second-order valence-corrected chi connectivity index (χ2v) is 5.68. The zero-order chi connectivity index (χ0) is 14.8. The number of halogens is 2. The van der Waals surface area contributed by atoms with E-state index < -0.39 is 17.7 Å². The molecule has 0 bridgehead atoms. The van der Waals surface area contributed by atoms with Crippen LogP contribution in [-0.4, -0.2) is 9.78 Å². The summed E-state index contributed by atoms with van der Waals surface area (Å²) in [6.07, 6.45) is 7.17. The highest BCUT2D eigenvalue weighted by molar-refractivity contribution is 5.23. The number of benzene rings is 1. The molecule has 1 aliphatic rings. The van der Waals surface area contributed by atoms with E-state index >= 15 is 0 Å². The first kappa shape index (κ1) is 14.2. The lowest BCUT2D eigenvalue weighted by Gasteiger charge is -2.12. The number of hydrogen-bond acceptors (Lipinski definition) is 2. The van der Waals surface area contributed by atoms with Crippen molar-refractivity contribution in [2.24, 2.45) is 5.73 Å². The van der Waals surface area contributed by atoms with Crippen molar-refractivity contribution in [2.75, 3.05) is 0 Å². The quantitative estimate of drug-likeness (QED) is 0.936. The minimum Gasteiger partial charge on any atom is -0.324 e. The van der Waals surface area contributed by atoms with Crippen LogP contribution in [0.25, 0.3) is 0 Å². The molecule has 2 N–H and O–H groups in total. The summed E-state index contributed by atoms with van der Waals surface area (Å²) in [6, 6.07) is 5.89. The van der Waals surface area contributed by atoms with Crippen molar-refractivity contribution < 1.29 is 8.78 Å². The fourth-order valence-electron chi connectivity index (χ4n) is 3.00. The average Bonchev–Trinajstić information content (AvgIpc) is 3.12. The second-order valence-electron chi connectivity index (χ2n) is 5.68. The summed E-state index contributed by atoms with van der Waals surface area (Å²) >= 11 is 0. The van der Waals surface area contributed by atoms with Gasteiger partial charge in [-0.3, -0.25) is 4.68 Å². The number of nitrogens with zero attached hydrogens (tertiary/aromatic N) is 2. The molecule has 1 fully saturated rings. The van der Waals surface area contributed by atoms with Gasteiger partial charge in [-0.25, -0.2) is 8.78 Å². The largest absolute Gasteiger partial charge is 0.324 e. The third-order valence-corrected chi connectivity index (χ3v) is 4.17. The van der Waals surface area contributed by atoms with E-state index in [-0.39, 0.29) is 5.56 Å². The van der Waals surface area contributed by atoms with Gasteiger partial charge in [0.2, 0.25) is 0 Å². The molecule has 112 valence electrons. The molecule has 0 spiro atoms. The highest BCUT2D eigenvalue weighted by Crippen LogP contribution is 2.29. The summed E-state index contributed by atoms with van der Waals surface area (Å²) < 4.78 is 28.9. The van der Waals surface area contributed by atoms with Crippen LogP contribution in [0.15, 0.2) is 30.5 Å². The minimum absolute atomic E-state index is 0.199. The van der Waals surface area contributed by atoms with Crippen LogP contribution in [0, 0.1) is 11.6 Å². The van der Waals surface area contributed by atoms with E-state index in [0.717, 1.165) is 24.6 Å². The van der Waals surface area contributed by atoms with Crippen molar-refractivity contribution in [3.63, 3.8) is 0 Å². The molecule has 0 saturated heterocycles. The smallest absolute Gasteiger partial charge is 0.163 e. The summed E-state index contributed by atoms with van der Waals surface area (Å²) in [5.74, 6) is -1.72. The van der Waals surface area contributed by atoms with Crippen molar-refractivity contribution >= 4 is 0 Å². The molecule has 1 aromatic heterocycles. The third-order valence-electron chi connectivity index (χ3n) is 4.17. The Labute approximate surface area is 122 Å². The first-order valence-electron chi connectivity index (χ1n) is 7.38. The van der Waals surface area contributed by atoms with E-state index in [1.165, 1.54) is 25.0 Å². The molecule has 1 unspecified atom stereocenters. The third kappa shape index (κ3) is 2.97. The van der Waals surface area contributed by atoms with Crippen molar-refractivity contribution in [3.8, 4) is 0 Å². The molecule has 3 rings (SSSR count). The molecule has 1 atom stereocenters. The maximum Gasteiger partial charge on any atom is 0.163 e. The van der Waals surface area contributed by atoms with Crippen molar-refractivity contribution in [1.82, 2.24) is 9.78 Å². The summed E-state index contributed by atoms with van der Waals surface area (Å²) in [5, 5.41) is 4.53. The first-order valence-corrected chi connectivity index (χ1v) is 7.38. The summed E-state index contributed by atoms with van der Waals surface area (Å²) in [4.78, 5) is 0. The van der Waals surface area contributed by atoms with Crippen molar-refractivity contribution in [2.45, 2.75) is 44.2 Å². The van der Waals surface area contributed by atoms with Gasteiger partial charge in [0, 0.05) is 24.2 Å². The van der Waals surface area contributed by atoms with Crippen LogP contribution in [-0.2, 0) is 6.42 Å². The Bertz CT molecular complexity index is 618. The Morgan fingerprint density at radius 3 is 2.76 bits per heavy atom. The normalized spacial score (nSPS) is 17.3. The van der Waals surface area contributed by atoms with Gasteiger partial charge in [-0.15, -0.1) is 0 Å². The van der Waals surface area contributed by atoms with Gasteiger partial charge in [0.15, 0.2) is 11.6 Å². The van der Waals surface area contributed by atoms with Crippen molar-refractivity contribution in [1.29, 1.82) is 0 Å². The van der Waals surface area contributed by atoms with Crippen LogP contribution in [0.1, 0.15) is 49.0 Å². The van der Waals surface area contributed by atoms with Crippen LogP contribution in [0.5, 0.6) is 0 Å². The van der Waals surface area contributed by atoms with E-state index in [1.54, 1.807) is 0 Å². The van der Waals surface area contributed by atoms with Crippen LogP contribution < -0.4 is 5.73 Å². The highest BCUT2D eigenvalue weighted by Gasteiger charge is 2.19. The molecule has 0 radical (unpaired) electrons. The molecule has 1 aliphatic carbocycles. The van der Waals surface area contributed by atoms with Crippen LogP contribution >= 0.6 is 0 Å². The van der Waals surface area contributed by atoms with E-state index in [1.807, 2.05) is 16.9 Å². The van der Waals surface area contributed by atoms with Gasteiger partial charge in [-0.05, 0) is 25.0 Å². The molecular weight excluding hydrogens is 272 g/mol.